The Morgan fingerprint density at radius 3 is 1.98 bits per heavy atom. The Labute approximate surface area is 266 Å². The number of ether oxygens (including phenoxy) is 1. The van der Waals surface area contributed by atoms with E-state index in [0.29, 0.717) is 11.8 Å². The van der Waals surface area contributed by atoms with Crippen LogP contribution in [0.15, 0.2) is 122 Å². The summed E-state index contributed by atoms with van der Waals surface area (Å²) < 4.78 is 10.6. The second kappa shape index (κ2) is 13.3. The SMILES string of the molecule is CC(C)Cc1cccc(CC(C)C)c1-n1cnc(-c2cccc(Oc3cccc(N(c4ccccc4)c4cn(C)cn4)c3)c2)c1. The quantitative estimate of drug-likeness (QED) is 0.150. The molecule has 0 amide bonds. The van der Waals surface area contributed by atoms with Gasteiger partial charge >= 0.3 is 0 Å². The van der Waals surface area contributed by atoms with Crippen LogP contribution < -0.4 is 9.64 Å². The maximum Gasteiger partial charge on any atom is 0.155 e. The van der Waals surface area contributed by atoms with E-state index in [1.165, 1.54) is 16.8 Å². The lowest BCUT2D eigenvalue weighted by Crippen LogP contribution is -2.10. The minimum absolute atomic E-state index is 0.567. The van der Waals surface area contributed by atoms with Gasteiger partial charge in [-0.05, 0) is 72.2 Å². The van der Waals surface area contributed by atoms with Crippen molar-refractivity contribution in [2.24, 2.45) is 18.9 Å². The minimum atomic E-state index is 0.567. The smallest absolute Gasteiger partial charge is 0.155 e. The Morgan fingerprint density at radius 1 is 0.667 bits per heavy atom. The summed E-state index contributed by atoms with van der Waals surface area (Å²) in [7, 11) is 1.98. The van der Waals surface area contributed by atoms with Gasteiger partial charge < -0.3 is 13.9 Å². The summed E-state index contributed by atoms with van der Waals surface area (Å²) in [5, 5.41) is 0. The molecule has 0 saturated carbocycles. The van der Waals surface area contributed by atoms with E-state index >= 15 is 0 Å². The summed E-state index contributed by atoms with van der Waals surface area (Å²) >= 11 is 0. The van der Waals surface area contributed by atoms with Gasteiger partial charge in [-0.2, -0.15) is 0 Å². The monoisotopic (exact) mass is 595 g/mol. The standard InChI is InChI=1S/C39H41N5O/c1-28(2)20-31-13-9-14-32(21-29(3)4)39(31)43-24-37(40-27-43)30-12-10-18-35(22-30)45-36-19-11-17-34(23-36)44(33-15-7-6-8-16-33)38-25-42(5)26-41-38/h6-19,22-29H,20-21H2,1-5H3. The highest BCUT2D eigenvalue weighted by atomic mass is 16.5. The van der Waals surface area contributed by atoms with Crippen molar-refractivity contribution in [2.75, 3.05) is 4.90 Å². The van der Waals surface area contributed by atoms with Crippen molar-refractivity contribution in [3.05, 3.63) is 133 Å². The first-order valence-corrected chi connectivity index (χ1v) is 15.7. The van der Waals surface area contributed by atoms with Crippen LogP contribution in [0.4, 0.5) is 17.2 Å². The molecule has 228 valence electrons. The number of aromatic nitrogens is 4. The van der Waals surface area contributed by atoms with Crippen molar-refractivity contribution in [1.29, 1.82) is 0 Å². The van der Waals surface area contributed by atoms with Crippen LogP contribution in [0.3, 0.4) is 0 Å². The Kier molecular flexibility index (Phi) is 8.83. The molecule has 0 aliphatic heterocycles. The molecule has 0 unspecified atom stereocenters. The molecule has 0 aliphatic carbocycles. The number of hydrogen-bond donors (Lipinski definition) is 0. The third-order valence-electron chi connectivity index (χ3n) is 7.68. The van der Waals surface area contributed by atoms with Crippen molar-refractivity contribution >= 4 is 17.2 Å². The van der Waals surface area contributed by atoms with Gasteiger partial charge in [0.15, 0.2) is 5.82 Å². The van der Waals surface area contributed by atoms with E-state index in [1.807, 2.05) is 79.0 Å². The summed E-state index contributed by atoms with van der Waals surface area (Å²) in [5.74, 6) is 3.47. The first-order valence-electron chi connectivity index (χ1n) is 15.7. The molecule has 6 nitrogen and oxygen atoms in total. The Morgan fingerprint density at radius 2 is 1.31 bits per heavy atom. The second-order valence-corrected chi connectivity index (χ2v) is 12.5. The average molecular weight is 596 g/mol. The van der Waals surface area contributed by atoms with Gasteiger partial charge in [-0.3, -0.25) is 4.90 Å². The van der Waals surface area contributed by atoms with Crippen molar-refractivity contribution in [3.8, 4) is 28.4 Å². The van der Waals surface area contributed by atoms with Crippen LogP contribution in [0.2, 0.25) is 0 Å². The number of anilines is 3. The van der Waals surface area contributed by atoms with Crippen LogP contribution in [-0.4, -0.2) is 19.1 Å². The molecule has 0 spiro atoms. The zero-order valence-electron chi connectivity index (χ0n) is 26.8. The third-order valence-corrected chi connectivity index (χ3v) is 7.68. The summed E-state index contributed by atoms with van der Waals surface area (Å²) in [6.07, 6.45) is 9.97. The predicted octanol–water partition coefficient (Wildman–Crippen LogP) is 9.93. The largest absolute Gasteiger partial charge is 0.457 e. The number of aryl methyl sites for hydroxylation is 1. The molecule has 0 bridgehead atoms. The van der Waals surface area contributed by atoms with Gasteiger partial charge in [-0.15, -0.1) is 0 Å². The van der Waals surface area contributed by atoms with Crippen molar-refractivity contribution in [2.45, 2.75) is 40.5 Å². The van der Waals surface area contributed by atoms with Gasteiger partial charge in [0, 0.05) is 36.8 Å². The van der Waals surface area contributed by atoms with E-state index in [0.717, 1.165) is 52.8 Å². The van der Waals surface area contributed by atoms with Crippen LogP contribution in [0.1, 0.15) is 38.8 Å². The summed E-state index contributed by atoms with van der Waals surface area (Å²) in [5.41, 5.74) is 7.89. The van der Waals surface area contributed by atoms with E-state index in [2.05, 4.69) is 96.9 Å². The van der Waals surface area contributed by atoms with Crippen LogP contribution in [0.25, 0.3) is 16.9 Å². The topological polar surface area (TPSA) is 48.1 Å². The molecule has 0 aliphatic rings. The maximum atomic E-state index is 6.44. The lowest BCUT2D eigenvalue weighted by molar-refractivity contribution is 0.483. The van der Waals surface area contributed by atoms with Crippen molar-refractivity contribution in [1.82, 2.24) is 19.1 Å². The molecular weight excluding hydrogens is 554 g/mol. The molecule has 45 heavy (non-hydrogen) atoms. The molecule has 0 radical (unpaired) electrons. The fraction of sp³-hybridized carbons (Fsp3) is 0.231. The zero-order valence-corrected chi connectivity index (χ0v) is 26.8. The van der Waals surface area contributed by atoms with Crippen LogP contribution in [0, 0.1) is 11.8 Å². The molecular formula is C39H41N5O. The summed E-state index contributed by atoms with van der Waals surface area (Å²) in [6, 6.07) is 33.2. The molecule has 4 aromatic carbocycles. The van der Waals surface area contributed by atoms with E-state index < -0.39 is 0 Å². The van der Waals surface area contributed by atoms with Gasteiger partial charge in [0.05, 0.1) is 29.7 Å². The highest BCUT2D eigenvalue weighted by Gasteiger charge is 2.17. The number of para-hydroxylation sites is 2. The fourth-order valence-corrected chi connectivity index (χ4v) is 5.83. The molecule has 0 saturated heterocycles. The number of benzene rings is 4. The van der Waals surface area contributed by atoms with E-state index in [4.69, 9.17) is 9.72 Å². The lowest BCUT2D eigenvalue weighted by Gasteiger charge is -2.23. The first kappa shape index (κ1) is 29.9. The maximum absolute atomic E-state index is 6.44. The predicted molar refractivity (Wildman–Crippen MR) is 184 cm³/mol. The van der Waals surface area contributed by atoms with Crippen LogP contribution >= 0.6 is 0 Å². The molecule has 6 rings (SSSR count). The van der Waals surface area contributed by atoms with Crippen molar-refractivity contribution in [3.63, 3.8) is 0 Å². The minimum Gasteiger partial charge on any atom is -0.457 e. The van der Waals surface area contributed by atoms with Gasteiger partial charge in [0.2, 0.25) is 0 Å². The van der Waals surface area contributed by atoms with Gasteiger partial charge in [-0.1, -0.05) is 82.3 Å². The Balaban J connectivity index is 1.29. The van der Waals surface area contributed by atoms with Crippen LogP contribution in [-0.2, 0) is 19.9 Å². The highest BCUT2D eigenvalue weighted by molar-refractivity contribution is 5.75. The zero-order chi connectivity index (χ0) is 31.3. The number of rotatable bonds is 11. The molecule has 0 atom stereocenters. The van der Waals surface area contributed by atoms with E-state index in [9.17, 15) is 0 Å². The van der Waals surface area contributed by atoms with E-state index in [1.54, 1.807) is 0 Å². The van der Waals surface area contributed by atoms with Gasteiger partial charge in [0.25, 0.3) is 0 Å². The number of hydrogen-bond acceptors (Lipinski definition) is 4. The molecule has 6 heteroatoms. The number of nitrogens with zero attached hydrogens (tertiary/aromatic N) is 5. The molecule has 6 aromatic rings. The van der Waals surface area contributed by atoms with Gasteiger partial charge in [0.1, 0.15) is 11.5 Å². The summed E-state index contributed by atoms with van der Waals surface area (Å²) in [4.78, 5) is 11.6. The Hall–Kier alpha value is -5.10. The molecule has 2 heterocycles. The lowest BCUT2D eigenvalue weighted by atomic mass is 9.94. The summed E-state index contributed by atoms with van der Waals surface area (Å²) in [6.45, 7) is 9.10. The highest BCUT2D eigenvalue weighted by Crippen LogP contribution is 2.36. The molecule has 0 fully saturated rings. The molecule has 2 aromatic heterocycles. The van der Waals surface area contributed by atoms with Crippen LogP contribution in [0.5, 0.6) is 11.5 Å². The molecule has 0 N–H and O–H groups in total. The third kappa shape index (κ3) is 7.01. The van der Waals surface area contributed by atoms with Crippen molar-refractivity contribution < 1.29 is 4.74 Å². The fourth-order valence-electron chi connectivity index (χ4n) is 5.83. The van der Waals surface area contributed by atoms with E-state index in [-0.39, 0.29) is 0 Å². The van der Waals surface area contributed by atoms with Gasteiger partial charge in [-0.25, -0.2) is 9.97 Å². The first-order chi connectivity index (χ1) is 21.8. The number of imidazole rings is 2. The average Bonchev–Trinajstić information content (AvgIpc) is 3.67. The Bertz CT molecular complexity index is 1840. The normalized spacial score (nSPS) is 11.4. The second-order valence-electron chi connectivity index (χ2n) is 12.5.